The van der Waals surface area contributed by atoms with Gasteiger partial charge in [0.2, 0.25) is 0 Å². The third-order valence-corrected chi connectivity index (χ3v) is 4.65. The molecule has 3 nitrogen and oxygen atoms in total. The van der Waals surface area contributed by atoms with Crippen molar-refractivity contribution in [2.45, 2.75) is 44.1 Å². The lowest BCUT2D eigenvalue weighted by Gasteiger charge is -2.57. The molecule has 4 fully saturated rings. The van der Waals surface area contributed by atoms with E-state index in [4.69, 9.17) is 5.11 Å². The van der Waals surface area contributed by atoms with Crippen molar-refractivity contribution in [2.24, 2.45) is 17.8 Å². The molecule has 4 heteroatoms. The molecule has 15 heavy (non-hydrogen) atoms. The van der Waals surface area contributed by atoms with Gasteiger partial charge in [-0.05, 0) is 56.3 Å². The number of hydrogen-bond acceptors (Lipinski definition) is 2. The van der Waals surface area contributed by atoms with Gasteiger partial charge in [-0.2, -0.15) is 0 Å². The van der Waals surface area contributed by atoms with Crippen LogP contribution in [0.15, 0.2) is 0 Å². The molecule has 4 rings (SSSR count). The Labute approximate surface area is 90.9 Å². The van der Waals surface area contributed by atoms with E-state index < -0.39 is 5.87 Å². The summed E-state index contributed by atoms with van der Waals surface area (Å²) in [5, 5.41) is 12.1. The van der Waals surface area contributed by atoms with E-state index in [9.17, 15) is 4.79 Å². The fourth-order valence-electron chi connectivity index (χ4n) is 4.59. The highest BCUT2D eigenvalue weighted by Gasteiger charge is 2.50. The van der Waals surface area contributed by atoms with E-state index in [2.05, 4.69) is 5.23 Å². The molecular formula is C11H18BNO2. The van der Waals surface area contributed by atoms with Gasteiger partial charge in [-0.1, -0.05) is 0 Å². The maximum atomic E-state index is 10.6. The van der Waals surface area contributed by atoms with Crippen molar-refractivity contribution in [3.8, 4) is 0 Å². The van der Waals surface area contributed by atoms with E-state index in [-0.39, 0.29) is 13.0 Å². The van der Waals surface area contributed by atoms with Gasteiger partial charge in [0.15, 0.2) is 0 Å². The van der Waals surface area contributed by atoms with Crippen LogP contribution in [0.4, 0.5) is 4.79 Å². The minimum Gasteiger partial charge on any atom is -0.488 e. The first-order valence-electron chi connectivity index (χ1n) is 6.12. The average molecular weight is 207 g/mol. The molecule has 4 aliphatic carbocycles. The van der Waals surface area contributed by atoms with Crippen LogP contribution in [0.1, 0.15) is 38.5 Å². The van der Waals surface area contributed by atoms with Gasteiger partial charge in [0, 0.05) is 5.54 Å². The molecule has 0 saturated heterocycles. The van der Waals surface area contributed by atoms with Gasteiger partial charge in [-0.15, -0.1) is 0 Å². The number of nitrogens with one attached hydrogen (secondary N) is 1. The molecule has 82 valence electrons. The molecule has 0 aromatic rings. The number of hydrogen-bond donors (Lipinski definition) is 2. The van der Waals surface area contributed by atoms with E-state index >= 15 is 0 Å². The van der Waals surface area contributed by atoms with E-state index in [1.807, 2.05) is 0 Å². The summed E-state index contributed by atoms with van der Waals surface area (Å²) in [7, 11) is 0.145. The third kappa shape index (κ3) is 1.69. The maximum absolute atomic E-state index is 10.6. The second-order valence-electron chi connectivity index (χ2n) is 5.95. The molecule has 4 bridgehead atoms. The van der Waals surface area contributed by atoms with Crippen molar-refractivity contribution in [1.82, 2.24) is 5.23 Å². The molecule has 4 aliphatic rings. The lowest BCUT2D eigenvalue weighted by Crippen LogP contribution is -2.60. The van der Waals surface area contributed by atoms with Gasteiger partial charge in [-0.3, -0.25) is 4.79 Å². The monoisotopic (exact) mass is 207 g/mol. The number of rotatable bonds is 3. The van der Waals surface area contributed by atoms with Crippen LogP contribution in [0.25, 0.3) is 0 Å². The molecule has 4 saturated carbocycles. The van der Waals surface area contributed by atoms with Crippen LogP contribution in [-0.4, -0.2) is 23.9 Å². The Bertz CT molecular complexity index is 257. The first-order chi connectivity index (χ1) is 7.15. The van der Waals surface area contributed by atoms with Crippen molar-refractivity contribution < 1.29 is 9.90 Å². The van der Waals surface area contributed by atoms with Gasteiger partial charge in [0.1, 0.15) is 0 Å². The Morgan fingerprint density at radius 3 is 2.00 bits per heavy atom. The Kier molecular flexibility index (Phi) is 2.10. The summed E-state index contributed by atoms with van der Waals surface area (Å²) in [6, 6.07) is 0. The zero-order valence-corrected chi connectivity index (χ0v) is 9.04. The van der Waals surface area contributed by atoms with Crippen LogP contribution in [0.5, 0.6) is 0 Å². The van der Waals surface area contributed by atoms with Crippen molar-refractivity contribution >= 4 is 13.3 Å². The molecule has 0 aromatic carbocycles. The fourth-order valence-corrected chi connectivity index (χ4v) is 4.59. The van der Waals surface area contributed by atoms with Crippen LogP contribution >= 0.6 is 0 Å². The van der Waals surface area contributed by atoms with E-state index in [0.717, 1.165) is 17.8 Å². The molecule has 0 unspecified atom stereocenters. The molecule has 2 N–H and O–H groups in total. The summed E-state index contributed by atoms with van der Waals surface area (Å²) in [5.74, 6) is 1.94. The van der Waals surface area contributed by atoms with Gasteiger partial charge in [0.25, 0.3) is 5.87 Å². The zero-order valence-electron chi connectivity index (χ0n) is 9.04. The lowest BCUT2D eigenvalue weighted by atomic mass is 9.52. The topological polar surface area (TPSA) is 49.3 Å². The standard InChI is InChI=1S/C11H18BNO2/c14-10(15)12-13-11-4-7-1-8(5-11)3-9(2-7)6-11/h7-9,12-13H,1-6H2,(H,14,15). The summed E-state index contributed by atoms with van der Waals surface area (Å²) >= 11 is 0. The smallest absolute Gasteiger partial charge is 0.338 e. The second-order valence-corrected chi connectivity index (χ2v) is 5.95. The van der Waals surface area contributed by atoms with Crippen molar-refractivity contribution in [2.75, 3.05) is 0 Å². The molecule has 0 aromatic heterocycles. The summed E-state index contributed by atoms with van der Waals surface area (Å²) in [6.07, 6.45) is 7.92. The third-order valence-electron chi connectivity index (χ3n) is 4.65. The van der Waals surface area contributed by atoms with Crippen molar-refractivity contribution in [3.05, 3.63) is 0 Å². The minimum atomic E-state index is -0.717. The number of carbonyl (C=O) groups is 1. The minimum absolute atomic E-state index is 0.145. The predicted octanol–water partition coefficient (Wildman–Crippen LogP) is 1.57. The highest BCUT2D eigenvalue weighted by atomic mass is 16.4. The number of carboxylic acid groups (broad SMARTS) is 1. The van der Waals surface area contributed by atoms with E-state index in [1.54, 1.807) is 0 Å². The van der Waals surface area contributed by atoms with Gasteiger partial charge >= 0.3 is 7.41 Å². The van der Waals surface area contributed by atoms with E-state index in [1.165, 1.54) is 38.5 Å². The van der Waals surface area contributed by atoms with Crippen molar-refractivity contribution in [1.29, 1.82) is 0 Å². The molecule has 0 atom stereocenters. The molecule has 0 aliphatic heterocycles. The molecule has 0 spiro atoms. The Hall–Kier alpha value is -0.505. The van der Waals surface area contributed by atoms with Crippen LogP contribution in [0, 0.1) is 17.8 Å². The SMILES string of the molecule is O=C(O)BNC12CC3CC(CC(C3)C1)C2. The molecular weight excluding hydrogens is 189 g/mol. The Morgan fingerprint density at radius 2 is 1.60 bits per heavy atom. The van der Waals surface area contributed by atoms with Crippen LogP contribution in [0.3, 0.4) is 0 Å². The lowest BCUT2D eigenvalue weighted by molar-refractivity contribution is -0.00854. The van der Waals surface area contributed by atoms with Crippen LogP contribution < -0.4 is 5.23 Å². The summed E-state index contributed by atoms with van der Waals surface area (Å²) in [5.41, 5.74) is 0.202. The van der Waals surface area contributed by atoms with Gasteiger partial charge < -0.3 is 10.3 Å². The van der Waals surface area contributed by atoms with Crippen LogP contribution in [0.2, 0.25) is 0 Å². The normalized spacial score (nSPS) is 46.8. The summed E-state index contributed by atoms with van der Waals surface area (Å²) in [6.45, 7) is 0. The van der Waals surface area contributed by atoms with Gasteiger partial charge in [0.05, 0.1) is 0 Å². The Balaban J connectivity index is 1.72. The summed E-state index contributed by atoms with van der Waals surface area (Å²) in [4.78, 5) is 10.6. The Morgan fingerprint density at radius 1 is 1.13 bits per heavy atom. The largest absolute Gasteiger partial charge is 0.488 e. The summed E-state index contributed by atoms with van der Waals surface area (Å²) < 4.78 is 0. The van der Waals surface area contributed by atoms with E-state index in [0.29, 0.717) is 0 Å². The maximum Gasteiger partial charge on any atom is 0.338 e. The van der Waals surface area contributed by atoms with Crippen LogP contribution in [-0.2, 0) is 0 Å². The quantitative estimate of drug-likeness (QED) is 0.690. The molecule has 0 heterocycles. The highest BCUT2D eigenvalue weighted by Crippen LogP contribution is 2.55. The first kappa shape index (κ1) is 9.70. The molecule has 0 amide bonds. The fraction of sp³-hybridized carbons (Fsp3) is 0.909. The average Bonchev–Trinajstić information content (AvgIpc) is 2.12. The second kappa shape index (κ2) is 3.24. The van der Waals surface area contributed by atoms with Crippen molar-refractivity contribution in [3.63, 3.8) is 0 Å². The van der Waals surface area contributed by atoms with Gasteiger partial charge in [-0.25, -0.2) is 0 Å². The first-order valence-corrected chi connectivity index (χ1v) is 6.12. The molecule has 0 radical (unpaired) electrons. The predicted molar refractivity (Wildman–Crippen MR) is 59.2 cm³/mol. The highest BCUT2D eigenvalue weighted by molar-refractivity contribution is 6.69. The zero-order chi connectivity index (χ0) is 10.5.